The van der Waals surface area contributed by atoms with Crippen LogP contribution in [0.2, 0.25) is 0 Å². The average Bonchev–Trinajstić information content (AvgIpc) is 3.13. The molecule has 0 bridgehead atoms. The first-order valence-corrected chi connectivity index (χ1v) is 7.81. The van der Waals surface area contributed by atoms with Gasteiger partial charge in [0, 0.05) is 18.1 Å². The summed E-state index contributed by atoms with van der Waals surface area (Å²) < 4.78 is 0. The number of nitrogens with one attached hydrogen (secondary N) is 1. The van der Waals surface area contributed by atoms with E-state index in [4.69, 9.17) is 0 Å². The Kier molecular flexibility index (Phi) is 3.51. The van der Waals surface area contributed by atoms with E-state index in [1.807, 2.05) is 30.5 Å². The summed E-state index contributed by atoms with van der Waals surface area (Å²) in [5.74, 6) is 0.0876. The van der Waals surface area contributed by atoms with E-state index >= 15 is 0 Å². The number of benzene rings is 1. The van der Waals surface area contributed by atoms with Crippen molar-refractivity contribution in [2.45, 2.75) is 39.0 Å². The molecule has 1 amide bonds. The number of carbonyl (C=O) groups is 1. The first-order valence-electron chi connectivity index (χ1n) is 7.81. The molecule has 0 aliphatic heterocycles. The molecular formula is C19H22N2O. The Morgan fingerprint density at radius 1 is 1.23 bits per heavy atom. The van der Waals surface area contributed by atoms with Gasteiger partial charge in [0.1, 0.15) is 0 Å². The van der Waals surface area contributed by atoms with Crippen molar-refractivity contribution in [2.24, 2.45) is 5.41 Å². The van der Waals surface area contributed by atoms with Gasteiger partial charge in [-0.1, -0.05) is 51.1 Å². The number of carbonyl (C=O) groups excluding carboxylic acids is 1. The molecule has 0 radical (unpaired) electrons. The summed E-state index contributed by atoms with van der Waals surface area (Å²) in [6.45, 7) is 6.39. The van der Waals surface area contributed by atoms with Crippen molar-refractivity contribution in [3.8, 4) is 0 Å². The molecule has 2 aromatic rings. The third-order valence-electron chi connectivity index (χ3n) is 4.92. The molecule has 1 aliphatic rings. The summed E-state index contributed by atoms with van der Waals surface area (Å²) in [6, 6.07) is 12.0. The molecule has 1 aromatic carbocycles. The topological polar surface area (TPSA) is 42.0 Å². The van der Waals surface area contributed by atoms with Crippen LogP contribution >= 0.6 is 0 Å². The Hall–Kier alpha value is -2.16. The van der Waals surface area contributed by atoms with Crippen LogP contribution in [0.5, 0.6) is 0 Å². The Balaban J connectivity index is 1.93. The number of aromatic nitrogens is 1. The molecular weight excluding hydrogens is 272 g/mol. The van der Waals surface area contributed by atoms with Crippen molar-refractivity contribution < 1.29 is 4.79 Å². The number of hydrogen-bond acceptors (Lipinski definition) is 2. The van der Waals surface area contributed by atoms with Gasteiger partial charge in [0.25, 0.3) is 0 Å². The monoisotopic (exact) mass is 294 g/mol. The van der Waals surface area contributed by atoms with Gasteiger partial charge in [0.15, 0.2) is 0 Å². The molecule has 1 fully saturated rings. The summed E-state index contributed by atoms with van der Waals surface area (Å²) in [6.07, 6.45) is 5.28. The lowest BCUT2D eigenvalue weighted by Gasteiger charge is -2.21. The number of anilines is 1. The van der Waals surface area contributed by atoms with E-state index in [0.29, 0.717) is 0 Å². The highest BCUT2D eigenvalue weighted by atomic mass is 16.2. The SMILES string of the molecule is CCc1cnccc1NC(=O)C1(c2ccccc2)CC1(C)C. The molecule has 0 spiro atoms. The second kappa shape index (κ2) is 5.24. The first-order chi connectivity index (χ1) is 10.5. The molecule has 1 heterocycles. The van der Waals surface area contributed by atoms with E-state index in [2.05, 4.69) is 43.2 Å². The third-order valence-corrected chi connectivity index (χ3v) is 4.92. The average molecular weight is 294 g/mol. The quantitative estimate of drug-likeness (QED) is 0.927. The minimum absolute atomic E-state index is 0.0160. The Morgan fingerprint density at radius 3 is 2.50 bits per heavy atom. The van der Waals surface area contributed by atoms with Gasteiger partial charge in [-0.2, -0.15) is 0 Å². The second-order valence-electron chi connectivity index (χ2n) is 6.67. The van der Waals surface area contributed by atoms with Gasteiger partial charge >= 0.3 is 0 Å². The van der Waals surface area contributed by atoms with Crippen molar-refractivity contribution >= 4 is 11.6 Å². The van der Waals surface area contributed by atoms with Gasteiger partial charge in [-0.05, 0) is 35.4 Å². The number of aryl methyl sites for hydroxylation is 1. The molecule has 1 aromatic heterocycles. The minimum Gasteiger partial charge on any atom is -0.325 e. The maximum absolute atomic E-state index is 13.0. The van der Waals surface area contributed by atoms with E-state index in [1.54, 1.807) is 6.20 Å². The van der Waals surface area contributed by atoms with E-state index in [0.717, 1.165) is 29.7 Å². The van der Waals surface area contributed by atoms with Crippen LogP contribution < -0.4 is 5.32 Å². The van der Waals surface area contributed by atoms with E-state index < -0.39 is 5.41 Å². The standard InChI is InChI=1S/C19H22N2O/c1-4-14-12-20-11-10-16(14)21-17(22)19(13-18(19,2)3)15-8-6-5-7-9-15/h5-12H,4,13H2,1-3H3,(H,20,21,22). The van der Waals surface area contributed by atoms with Crippen LogP contribution in [0.3, 0.4) is 0 Å². The van der Waals surface area contributed by atoms with E-state index in [-0.39, 0.29) is 11.3 Å². The molecule has 3 heteroatoms. The van der Waals surface area contributed by atoms with Crippen molar-refractivity contribution in [3.05, 3.63) is 59.9 Å². The number of pyridine rings is 1. The van der Waals surface area contributed by atoms with Crippen molar-refractivity contribution in [2.75, 3.05) is 5.32 Å². The molecule has 1 N–H and O–H groups in total. The van der Waals surface area contributed by atoms with E-state index in [9.17, 15) is 4.79 Å². The number of hydrogen-bond donors (Lipinski definition) is 1. The Morgan fingerprint density at radius 2 is 1.91 bits per heavy atom. The van der Waals surface area contributed by atoms with Crippen LogP contribution in [-0.2, 0) is 16.6 Å². The number of amides is 1. The van der Waals surface area contributed by atoms with Crippen LogP contribution in [0.1, 0.15) is 38.3 Å². The van der Waals surface area contributed by atoms with Crippen LogP contribution in [0.15, 0.2) is 48.8 Å². The van der Waals surface area contributed by atoms with Crippen LogP contribution in [0, 0.1) is 5.41 Å². The fourth-order valence-electron chi connectivity index (χ4n) is 3.41. The van der Waals surface area contributed by atoms with Crippen LogP contribution in [0.25, 0.3) is 0 Å². The largest absolute Gasteiger partial charge is 0.325 e. The lowest BCUT2D eigenvalue weighted by molar-refractivity contribution is -0.119. The maximum atomic E-state index is 13.0. The van der Waals surface area contributed by atoms with Crippen molar-refractivity contribution in [1.82, 2.24) is 4.98 Å². The normalized spacial score (nSPS) is 22.1. The van der Waals surface area contributed by atoms with Gasteiger partial charge < -0.3 is 5.32 Å². The van der Waals surface area contributed by atoms with E-state index in [1.165, 1.54) is 0 Å². The lowest BCUT2D eigenvalue weighted by atomic mass is 9.87. The first kappa shape index (κ1) is 14.8. The molecule has 0 saturated heterocycles. The molecule has 1 saturated carbocycles. The number of nitrogens with zero attached hydrogens (tertiary/aromatic N) is 1. The van der Waals surface area contributed by atoms with Crippen molar-refractivity contribution in [1.29, 1.82) is 0 Å². The number of rotatable bonds is 4. The second-order valence-corrected chi connectivity index (χ2v) is 6.67. The third kappa shape index (κ3) is 2.21. The highest BCUT2D eigenvalue weighted by Crippen LogP contribution is 2.64. The zero-order valence-corrected chi connectivity index (χ0v) is 13.4. The maximum Gasteiger partial charge on any atom is 0.235 e. The van der Waals surface area contributed by atoms with Gasteiger partial charge in [-0.25, -0.2) is 0 Å². The fourth-order valence-corrected chi connectivity index (χ4v) is 3.41. The molecule has 1 aliphatic carbocycles. The van der Waals surface area contributed by atoms with Crippen LogP contribution in [-0.4, -0.2) is 10.9 Å². The zero-order valence-electron chi connectivity index (χ0n) is 13.4. The predicted molar refractivity (Wildman–Crippen MR) is 88.8 cm³/mol. The molecule has 1 atom stereocenters. The summed E-state index contributed by atoms with van der Waals surface area (Å²) in [7, 11) is 0. The van der Waals surface area contributed by atoms with Gasteiger partial charge in [0.05, 0.1) is 5.41 Å². The summed E-state index contributed by atoms with van der Waals surface area (Å²) >= 11 is 0. The van der Waals surface area contributed by atoms with Crippen molar-refractivity contribution in [3.63, 3.8) is 0 Å². The summed E-state index contributed by atoms with van der Waals surface area (Å²) in [5, 5.41) is 3.14. The molecule has 22 heavy (non-hydrogen) atoms. The predicted octanol–water partition coefficient (Wildman–Crippen LogP) is 3.95. The fraction of sp³-hybridized carbons (Fsp3) is 0.368. The molecule has 3 rings (SSSR count). The Bertz CT molecular complexity index is 694. The zero-order chi connectivity index (χ0) is 15.8. The van der Waals surface area contributed by atoms with Gasteiger partial charge in [-0.3, -0.25) is 9.78 Å². The van der Waals surface area contributed by atoms with Crippen LogP contribution in [0.4, 0.5) is 5.69 Å². The molecule has 3 nitrogen and oxygen atoms in total. The smallest absolute Gasteiger partial charge is 0.235 e. The minimum atomic E-state index is -0.428. The van der Waals surface area contributed by atoms with Gasteiger partial charge in [0.2, 0.25) is 5.91 Å². The lowest BCUT2D eigenvalue weighted by Crippen LogP contribution is -2.32. The molecule has 114 valence electrons. The van der Waals surface area contributed by atoms with Gasteiger partial charge in [-0.15, -0.1) is 0 Å². The Labute approximate surface area is 131 Å². The summed E-state index contributed by atoms with van der Waals surface area (Å²) in [4.78, 5) is 17.2. The summed E-state index contributed by atoms with van der Waals surface area (Å²) in [5.41, 5.74) is 2.60. The molecule has 1 unspecified atom stereocenters. The highest BCUT2D eigenvalue weighted by molar-refractivity contribution is 6.03. The highest BCUT2D eigenvalue weighted by Gasteiger charge is 2.67.